The Labute approximate surface area is 158 Å². The molecule has 3 saturated carbocycles. The van der Waals surface area contributed by atoms with E-state index in [1.807, 2.05) is 30.5 Å². The van der Waals surface area contributed by atoms with Crippen molar-refractivity contribution in [2.24, 2.45) is 17.1 Å². The zero-order chi connectivity index (χ0) is 18.6. The summed E-state index contributed by atoms with van der Waals surface area (Å²) in [5, 5.41) is 8.82. The normalized spacial score (nSPS) is 33.8. The highest BCUT2D eigenvalue weighted by molar-refractivity contribution is 5.85. The first kappa shape index (κ1) is 16.6. The lowest BCUT2D eigenvalue weighted by Gasteiger charge is -2.34. The van der Waals surface area contributed by atoms with Crippen molar-refractivity contribution < 1.29 is 9.90 Å². The van der Waals surface area contributed by atoms with E-state index in [0.29, 0.717) is 11.5 Å². The highest BCUT2D eigenvalue weighted by Crippen LogP contribution is 2.90. The Morgan fingerprint density at radius 2 is 2.07 bits per heavy atom. The number of hydrogen-bond acceptors (Lipinski definition) is 4. The van der Waals surface area contributed by atoms with Crippen molar-refractivity contribution >= 4 is 12.0 Å². The van der Waals surface area contributed by atoms with E-state index in [4.69, 9.17) is 15.8 Å². The molecule has 2 unspecified atom stereocenters. The van der Waals surface area contributed by atoms with Gasteiger partial charge in [-0.2, -0.15) is 0 Å². The van der Waals surface area contributed by atoms with Crippen LogP contribution < -0.4 is 5.73 Å². The molecule has 1 aromatic carbocycles. The van der Waals surface area contributed by atoms with Gasteiger partial charge in [0.25, 0.3) is 0 Å². The highest BCUT2D eigenvalue weighted by atomic mass is 16.4. The smallest absolute Gasteiger partial charge is 0.328 e. The van der Waals surface area contributed by atoms with Crippen LogP contribution in [0.25, 0.3) is 17.3 Å². The number of benzene rings is 1. The van der Waals surface area contributed by atoms with Crippen molar-refractivity contribution in [3.63, 3.8) is 0 Å². The third kappa shape index (κ3) is 2.45. The van der Waals surface area contributed by atoms with Gasteiger partial charge in [0.2, 0.25) is 0 Å². The van der Waals surface area contributed by atoms with E-state index in [1.54, 1.807) is 12.3 Å². The molecule has 27 heavy (non-hydrogen) atoms. The van der Waals surface area contributed by atoms with E-state index in [2.05, 4.69) is 4.98 Å². The molecule has 0 saturated heterocycles. The van der Waals surface area contributed by atoms with Gasteiger partial charge in [-0.05, 0) is 61.1 Å². The number of nitrogens with two attached hydrogens (primary N) is 1. The Kier molecular flexibility index (Phi) is 3.53. The molecule has 0 bridgehead atoms. The van der Waals surface area contributed by atoms with Crippen molar-refractivity contribution in [1.29, 1.82) is 0 Å². The molecule has 3 aliphatic carbocycles. The number of nitrogens with zero attached hydrogens (tertiary/aromatic N) is 2. The molecule has 1 heterocycles. The molecule has 2 aromatic rings. The quantitative estimate of drug-likeness (QED) is 0.815. The van der Waals surface area contributed by atoms with E-state index in [9.17, 15) is 4.79 Å². The number of carboxylic acid groups (broad SMARTS) is 1. The van der Waals surface area contributed by atoms with E-state index in [-0.39, 0.29) is 5.41 Å². The monoisotopic (exact) mass is 361 g/mol. The van der Waals surface area contributed by atoms with Crippen molar-refractivity contribution in [1.82, 2.24) is 9.97 Å². The van der Waals surface area contributed by atoms with E-state index < -0.39 is 5.97 Å². The Morgan fingerprint density at radius 3 is 2.81 bits per heavy atom. The predicted octanol–water partition coefficient (Wildman–Crippen LogP) is 3.40. The van der Waals surface area contributed by atoms with Crippen LogP contribution in [0.15, 0.2) is 42.7 Å². The number of hydrogen-bond donors (Lipinski definition) is 2. The fourth-order valence-electron chi connectivity index (χ4n) is 5.47. The summed E-state index contributed by atoms with van der Waals surface area (Å²) in [6.45, 7) is 0. The maximum Gasteiger partial charge on any atom is 0.328 e. The van der Waals surface area contributed by atoms with Gasteiger partial charge in [0.15, 0.2) is 0 Å². The zero-order valence-electron chi connectivity index (χ0n) is 15.1. The molecule has 138 valence electrons. The van der Waals surface area contributed by atoms with E-state index in [0.717, 1.165) is 47.4 Å². The predicted molar refractivity (Wildman–Crippen MR) is 103 cm³/mol. The van der Waals surface area contributed by atoms with Gasteiger partial charge in [0, 0.05) is 29.3 Å². The largest absolute Gasteiger partial charge is 0.478 e. The summed E-state index contributed by atoms with van der Waals surface area (Å²) in [4.78, 5) is 20.2. The summed E-state index contributed by atoms with van der Waals surface area (Å²) in [5.74, 6) is -0.181. The minimum absolute atomic E-state index is 0.247. The lowest BCUT2D eigenvalue weighted by atomic mass is 9.73. The van der Waals surface area contributed by atoms with Gasteiger partial charge in [-0.1, -0.05) is 18.2 Å². The first-order chi connectivity index (χ1) is 13.0. The average Bonchev–Trinajstić information content (AvgIpc) is 3.57. The second-order valence-corrected chi connectivity index (χ2v) is 8.31. The number of carboxylic acids is 1. The molecule has 5 rings (SSSR count). The van der Waals surface area contributed by atoms with Gasteiger partial charge in [0.1, 0.15) is 0 Å². The minimum atomic E-state index is -0.952. The van der Waals surface area contributed by atoms with Crippen molar-refractivity contribution in [3.8, 4) is 11.3 Å². The topological polar surface area (TPSA) is 89.1 Å². The third-order valence-corrected chi connectivity index (χ3v) is 7.05. The van der Waals surface area contributed by atoms with Gasteiger partial charge in [0.05, 0.1) is 17.6 Å². The molecule has 5 heteroatoms. The van der Waals surface area contributed by atoms with Gasteiger partial charge in [-0.15, -0.1) is 0 Å². The van der Waals surface area contributed by atoms with E-state index >= 15 is 0 Å². The Morgan fingerprint density at radius 1 is 1.26 bits per heavy atom. The molecule has 2 atom stereocenters. The number of aliphatic carboxylic acids is 1. The maximum atomic E-state index is 10.7. The Hall–Kier alpha value is -2.53. The van der Waals surface area contributed by atoms with Crippen LogP contribution in [0.1, 0.15) is 43.4 Å². The fourth-order valence-corrected chi connectivity index (χ4v) is 5.47. The molecule has 0 radical (unpaired) electrons. The van der Waals surface area contributed by atoms with Crippen LogP contribution in [-0.2, 0) is 10.2 Å². The third-order valence-electron chi connectivity index (χ3n) is 7.05. The Bertz CT molecular complexity index is 946. The standard InChI is InChI=1S/C22H23N3O2/c23-16-6-8-21(9-7-16)18-11-22(18,21)19-13-24-12-17(25-19)15-3-1-2-14(10-15)4-5-20(26)27/h1-5,10,12-13,16,18H,6-9,11,23H2,(H,26,27)/b5-4+. The van der Waals surface area contributed by atoms with Crippen molar-refractivity contribution in [2.75, 3.05) is 0 Å². The molecule has 1 spiro atoms. The minimum Gasteiger partial charge on any atom is -0.478 e. The first-order valence-electron chi connectivity index (χ1n) is 9.65. The molecular weight excluding hydrogens is 338 g/mol. The average molecular weight is 361 g/mol. The van der Waals surface area contributed by atoms with Crippen LogP contribution >= 0.6 is 0 Å². The van der Waals surface area contributed by atoms with Gasteiger partial charge in [-0.25, -0.2) is 9.78 Å². The van der Waals surface area contributed by atoms with Crippen molar-refractivity contribution in [2.45, 2.75) is 43.6 Å². The van der Waals surface area contributed by atoms with E-state index in [1.165, 1.54) is 19.3 Å². The number of aromatic nitrogens is 2. The van der Waals surface area contributed by atoms with Gasteiger partial charge >= 0.3 is 5.97 Å². The molecule has 3 N–H and O–H groups in total. The molecule has 0 aliphatic heterocycles. The number of fused-ring (bicyclic) bond motifs is 3. The lowest BCUT2D eigenvalue weighted by molar-refractivity contribution is -0.131. The van der Waals surface area contributed by atoms with Crippen LogP contribution in [-0.4, -0.2) is 27.1 Å². The van der Waals surface area contributed by atoms with Crippen molar-refractivity contribution in [3.05, 3.63) is 54.0 Å². The number of rotatable bonds is 4. The summed E-state index contributed by atoms with van der Waals surface area (Å²) in [6, 6.07) is 8.13. The fraction of sp³-hybridized carbons (Fsp3) is 0.409. The summed E-state index contributed by atoms with van der Waals surface area (Å²) in [6.07, 6.45) is 12.4. The lowest BCUT2D eigenvalue weighted by Crippen LogP contribution is -2.33. The Balaban J connectivity index is 1.43. The van der Waals surface area contributed by atoms with Crippen LogP contribution in [0.5, 0.6) is 0 Å². The second kappa shape index (κ2) is 5.73. The molecule has 3 fully saturated rings. The zero-order valence-corrected chi connectivity index (χ0v) is 15.1. The number of carbonyl (C=O) groups is 1. The second-order valence-electron chi connectivity index (χ2n) is 8.31. The molecule has 1 aromatic heterocycles. The molecule has 0 amide bonds. The summed E-state index contributed by atoms with van der Waals surface area (Å²) in [5.41, 5.74) is 10.6. The van der Waals surface area contributed by atoms with Crippen LogP contribution in [0, 0.1) is 11.3 Å². The van der Waals surface area contributed by atoms with Crippen LogP contribution in [0.3, 0.4) is 0 Å². The molecule has 3 aliphatic rings. The van der Waals surface area contributed by atoms with Gasteiger partial charge < -0.3 is 10.8 Å². The summed E-state index contributed by atoms with van der Waals surface area (Å²) in [7, 11) is 0. The maximum absolute atomic E-state index is 10.7. The van der Waals surface area contributed by atoms with Crippen LogP contribution in [0.4, 0.5) is 0 Å². The summed E-state index contributed by atoms with van der Waals surface area (Å²) < 4.78 is 0. The molecular formula is C22H23N3O2. The first-order valence-corrected chi connectivity index (χ1v) is 9.65. The SMILES string of the molecule is NC1CCC2(CC1)C1CC12c1cncc(-c2cccc(/C=C/C(=O)O)c2)n1. The van der Waals surface area contributed by atoms with Crippen LogP contribution in [0.2, 0.25) is 0 Å². The highest BCUT2D eigenvalue weighted by Gasteiger charge is 2.88. The summed E-state index contributed by atoms with van der Waals surface area (Å²) >= 11 is 0. The molecule has 5 nitrogen and oxygen atoms in total. The van der Waals surface area contributed by atoms with Gasteiger partial charge in [-0.3, -0.25) is 4.98 Å².